The fourth-order valence-electron chi connectivity index (χ4n) is 0.798. The number of nitrogens with zero attached hydrogens (tertiary/aromatic N) is 3. The maximum atomic E-state index is 5.46. The molecule has 0 saturated heterocycles. The summed E-state index contributed by atoms with van der Waals surface area (Å²) in [4.78, 5) is 12.1. The van der Waals surface area contributed by atoms with E-state index in [0.29, 0.717) is 11.6 Å². The Hall–Kier alpha value is -1.49. The number of thiazole rings is 1. The summed E-state index contributed by atoms with van der Waals surface area (Å²) in [7, 11) is 0. The van der Waals surface area contributed by atoms with Crippen LogP contribution in [0.4, 0.5) is 5.82 Å². The first-order valence-corrected chi connectivity index (χ1v) is 4.22. The van der Waals surface area contributed by atoms with Gasteiger partial charge in [-0.2, -0.15) is 0 Å². The Labute approximate surface area is 73.1 Å². The van der Waals surface area contributed by atoms with Crippen LogP contribution in [0.5, 0.6) is 0 Å². The minimum atomic E-state index is 0.516. The van der Waals surface area contributed by atoms with Crippen molar-refractivity contribution >= 4 is 17.2 Å². The Morgan fingerprint density at radius 2 is 2.00 bits per heavy atom. The van der Waals surface area contributed by atoms with E-state index in [-0.39, 0.29) is 0 Å². The number of rotatable bonds is 1. The van der Waals surface area contributed by atoms with Crippen molar-refractivity contribution in [3.05, 3.63) is 23.8 Å². The van der Waals surface area contributed by atoms with Crippen molar-refractivity contribution < 1.29 is 0 Å². The summed E-state index contributed by atoms with van der Waals surface area (Å²) in [6.07, 6.45) is 3.36. The Morgan fingerprint density at radius 3 is 2.58 bits per heavy atom. The molecule has 0 spiro atoms. The van der Waals surface area contributed by atoms with Crippen molar-refractivity contribution in [3.63, 3.8) is 0 Å². The molecule has 2 heterocycles. The fourth-order valence-corrected chi connectivity index (χ4v) is 1.45. The third-order valence-corrected chi connectivity index (χ3v) is 2.14. The fraction of sp³-hybridized carbons (Fsp3) is 0. The van der Waals surface area contributed by atoms with E-state index < -0.39 is 0 Å². The molecule has 2 N–H and O–H groups in total. The van der Waals surface area contributed by atoms with Gasteiger partial charge >= 0.3 is 0 Å². The lowest BCUT2D eigenvalue weighted by molar-refractivity contribution is 1.16. The SMILES string of the molecule is Nc1csc(-c2ncccn2)n1. The smallest absolute Gasteiger partial charge is 0.188 e. The summed E-state index contributed by atoms with van der Waals surface area (Å²) >= 11 is 1.44. The van der Waals surface area contributed by atoms with Crippen LogP contribution >= 0.6 is 11.3 Å². The molecule has 60 valence electrons. The van der Waals surface area contributed by atoms with Crippen molar-refractivity contribution in [1.82, 2.24) is 15.0 Å². The zero-order chi connectivity index (χ0) is 8.39. The number of anilines is 1. The molecule has 2 rings (SSSR count). The molecule has 0 aliphatic rings. The van der Waals surface area contributed by atoms with E-state index in [0.717, 1.165) is 5.01 Å². The molecule has 12 heavy (non-hydrogen) atoms. The van der Waals surface area contributed by atoms with Crippen LogP contribution in [0.2, 0.25) is 0 Å². The van der Waals surface area contributed by atoms with E-state index >= 15 is 0 Å². The van der Waals surface area contributed by atoms with Crippen molar-refractivity contribution in [2.75, 3.05) is 5.73 Å². The molecule has 0 unspecified atom stereocenters. The number of hydrogen-bond donors (Lipinski definition) is 1. The van der Waals surface area contributed by atoms with Gasteiger partial charge in [0.1, 0.15) is 5.82 Å². The highest BCUT2D eigenvalue weighted by atomic mass is 32.1. The second-order valence-electron chi connectivity index (χ2n) is 2.15. The van der Waals surface area contributed by atoms with Crippen molar-refractivity contribution in [2.45, 2.75) is 0 Å². The van der Waals surface area contributed by atoms with E-state index in [1.54, 1.807) is 23.8 Å². The minimum absolute atomic E-state index is 0.516. The third-order valence-electron chi connectivity index (χ3n) is 1.28. The van der Waals surface area contributed by atoms with Crippen molar-refractivity contribution in [3.8, 4) is 10.8 Å². The van der Waals surface area contributed by atoms with Crippen molar-refractivity contribution in [1.29, 1.82) is 0 Å². The summed E-state index contributed by atoms with van der Waals surface area (Å²) < 4.78 is 0. The second-order valence-corrected chi connectivity index (χ2v) is 3.01. The summed E-state index contributed by atoms with van der Waals surface area (Å²) in [6.45, 7) is 0. The minimum Gasteiger partial charge on any atom is -0.383 e. The molecule has 0 aromatic carbocycles. The molecule has 0 saturated carbocycles. The van der Waals surface area contributed by atoms with Crippen LogP contribution in [0.3, 0.4) is 0 Å². The van der Waals surface area contributed by atoms with Gasteiger partial charge in [-0.05, 0) is 6.07 Å². The Kier molecular flexibility index (Phi) is 1.71. The van der Waals surface area contributed by atoms with Gasteiger partial charge in [0, 0.05) is 17.8 Å². The highest BCUT2D eigenvalue weighted by Gasteiger charge is 2.03. The molecule has 4 nitrogen and oxygen atoms in total. The largest absolute Gasteiger partial charge is 0.383 e. The lowest BCUT2D eigenvalue weighted by Gasteiger charge is -1.90. The van der Waals surface area contributed by atoms with Gasteiger partial charge in [0.2, 0.25) is 0 Å². The summed E-state index contributed by atoms with van der Waals surface area (Å²) in [5, 5.41) is 2.53. The van der Waals surface area contributed by atoms with Gasteiger partial charge in [0.25, 0.3) is 0 Å². The molecule has 5 heteroatoms. The van der Waals surface area contributed by atoms with Crippen LogP contribution in [0.1, 0.15) is 0 Å². The lowest BCUT2D eigenvalue weighted by Crippen LogP contribution is -1.87. The normalized spacial score (nSPS) is 10.0. The maximum Gasteiger partial charge on any atom is 0.188 e. The summed E-state index contributed by atoms with van der Waals surface area (Å²) in [6, 6.07) is 1.76. The van der Waals surface area contributed by atoms with Crippen LogP contribution in [-0.2, 0) is 0 Å². The summed E-state index contributed by atoms with van der Waals surface area (Å²) in [5.74, 6) is 1.14. The summed E-state index contributed by atoms with van der Waals surface area (Å²) in [5.41, 5.74) is 5.46. The molecule has 0 bridgehead atoms. The van der Waals surface area contributed by atoms with Crippen LogP contribution < -0.4 is 5.73 Å². The molecule has 0 aliphatic carbocycles. The van der Waals surface area contributed by atoms with E-state index in [2.05, 4.69) is 15.0 Å². The number of nitrogens with two attached hydrogens (primary N) is 1. The molecular weight excluding hydrogens is 172 g/mol. The molecule has 2 aromatic rings. The molecular formula is C7H6N4S. The first kappa shape index (κ1) is 7.17. The van der Waals surface area contributed by atoms with E-state index in [9.17, 15) is 0 Å². The molecule has 0 atom stereocenters. The van der Waals surface area contributed by atoms with Crippen molar-refractivity contribution in [2.24, 2.45) is 0 Å². The van der Waals surface area contributed by atoms with Crippen LogP contribution in [0.25, 0.3) is 10.8 Å². The van der Waals surface area contributed by atoms with Crippen LogP contribution in [0.15, 0.2) is 23.8 Å². The number of hydrogen-bond acceptors (Lipinski definition) is 5. The van der Waals surface area contributed by atoms with E-state index in [1.165, 1.54) is 11.3 Å². The Balaban J connectivity index is 2.45. The quantitative estimate of drug-likeness (QED) is 0.712. The predicted molar refractivity (Wildman–Crippen MR) is 47.6 cm³/mol. The Bertz CT molecular complexity index is 370. The molecule has 0 radical (unpaired) electrons. The lowest BCUT2D eigenvalue weighted by atomic mass is 10.6. The van der Waals surface area contributed by atoms with Gasteiger partial charge in [-0.25, -0.2) is 15.0 Å². The monoisotopic (exact) mass is 178 g/mol. The zero-order valence-electron chi connectivity index (χ0n) is 6.14. The van der Waals surface area contributed by atoms with Crippen LogP contribution in [-0.4, -0.2) is 15.0 Å². The average Bonchev–Trinajstić information content (AvgIpc) is 2.54. The van der Waals surface area contributed by atoms with Gasteiger partial charge < -0.3 is 5.73 Å². The highest BCUT2D eigenvalue weighted by molar-refractivity contribution is 7.13. The first-order valence-electron chi connectivity index (χ1n) is 3.34. The molecule has 2 aromatic heterocycles. The number of nitrogen functional groups attached to an aromatic ring is 1. The Morgan fingerprint density at radius 1 is 1.25 bits per heavy atom. The van der Waals surface area contributed by atoms with Gasteiger partial charge in [-0.1, -0.05) is 0 Å². The highest BCUT2D eigenvalue weighted by Crippen LogP contribution is 2.19. The molecule has 0 aliphatic heterocycles. The molecule has 0 amide bonds. The van der Waals surface area contributed by atoms with Gasteiger partial charge in [0.15, 0.2) is 10.8 Å². The molecule has 0 fully saturated rings. The standard InChI is InChI=1S/C7H6N4S/c8-5-4-12-7(11-5)6-9-2-1-3-10-6/h1-4H,8H2. The topological polar surface area (TPSA) is 64.7 Å². The maximum absolute atomic E-state index is 5.46. The van der Waals surface area contributed by atoms with Gasteiger partial charge in [-0.15, -0.1) is 11.3 Å². The predicted octanol–water partition coefficient (Wildman–Crippen LogP) is 1.18. The first-order chi connectivity index (χ1) is 5.86. The third kappa shape index (κ3) is 1.26. The van der Waals surface area contributed by atoms with E-state index in [1.807, 2.05) is 0 Å². The van der Waals surface area contributed by atoms with Gasteiger partial charge in [0.05, 0.1) is 0 Å². The zero-order valence-corrected chi connectivity index (χ0v) is 6.95. The van der Waals surface area contributed by atoms with Gasteiger partial charge in [-0.3, -0.25) is 0 Å². The second kappa shape index (κ2) is 2.86. The number of aromatic nitrogens is 3. The van der Waals surface area contributed by atoms with E-state index in [4.69, 9.17) is 5.73 Å². The average molecular weight is 178 g/mol. The van der Waals surface area contributed by atoms with Crippen LogP contribution in [0, 0.1) is 0 Å².